The van der Waals surface area contributed by atoms with Crippen molar-refractivity contribution in [2.75, 3.05) is 18.5 Å². The summed E-state index contributed by atoms with van der Waals surface area (Å²) in [5.41, 5.74) is 0.579. The zero-order chi connectivity index (χ0) is 13.1. The lowest BCUT2D eigenvalue weighted by Gasteiger charge is -2.21. The highest BCUT2D eigenvalue weighted by atomic mass is 32.2. The van der Waals surface area contributed by atoms with Crippen molar-refractivity contribution < 1.29 is 13.2 Å². The summed E-state index contributed by atoms with van der Waals surface area (Å²) >= 11 is 1.69. The molecule has 1 aromatic carbocycles. The van der Waals surface area contributed by atoms with Crippen molar-refractivity contribution in [3.63, 3.8) is 0 Å². The first-order chi connectivity index (χ1) is 7.78. The Bertz CT molecular complexity index is 346. The summed E-state index contributed by atoms with van der Waals surface area (Å²) in [6, 6.07) is 7.15. The quantitative estimate of drug-likeness (QED) is 0.749. The Morgan fingerprint density at radius 2 is 1.71 bits per heavy atom. The van der Waals surface area contributed by atoms with Crippen LogP contribution in [0.25, 0.3) is 0 Å². The van der Waals surface area contributed by atoms with Crippen LogP contribution in [0.3, 0.4) is 0 Å². The molecule has 17 heavy (non-hydrogen) atoms. The van der Waals surface area contributed by atoms with Crippen LogP contribution >= 0.6 is 11.8 Å². The van der Waals surface area contributed by atoms with E-state index in [-0.39, 0.29) is 0 Å². The van der Waals surface area contributed by atoms with E-state index in [0.717, 1.165) is 4.90 Å². The first-order valence-corrected chi connectivity index (χ1v) is 6.20. The van der Waals surface area contributed by atoms with Crippen molar-refractivity contribution in [2.24, 2.45) is 0 Å². The van der Waals surface area contributed by atoms with E-state index in [0.29, 0.717) is 10.9 Å². The highest BCUT2D eigenvalue weighted by Gasteiger charge is 2.29. The molecule has 1 aromatic rings. The molecule has 96 valence electrons. The summed E-state index contributed by atoms with van der Waals surface area (Å²) in [5.74, 6) is 0. The first-order valence-electron chi connectivity index (χ1n) is 5.32. The fraction of sp³-hybridized carbons (Fsp3) is 0.500. The molecule has 1 nitrogen and oxygen atoms in total. The zero-order valence-corrected chi connectivity index (χ0v) is 10.9. The molecule has 1 rings (SSSR count). The molecular weight excluding hydrogens is 247 g/mol. The summed E-state index contributed by atoms with van der Waals surface area (Å²) in [4.78, 5) is 2.27. The number of hydrogen-bond donors (Lipinski definition) is 0. The third-order valence-corrected chi connectivity index (χ3v) is 3.08. The van der Waals surface area contributed by atoms with Crippen LogP contribution in [-0.2, 0) is 0 Å². The van der Waals surface area contributed by atoms with Gasteiger partial charge in [-0.15, -0.1) is 11.8 Å². The molecule has 0 aliphatic rings. The van der Waals surface area contributed by atoms with Crippen LogP contribution < -0.4 is 4.90 Å². The van der Waals surface area contributed by atoms with Crippen molar-refractivity contribution in [2.45, 2.75) is 30.2 Å². The standard InChI is InChI=1S/C12H16F3NS/c1-9(2)17-11-6-4-10(5-7-11)16(3)8-12(13,14)15/h4-7,9H,8H2,1-3H3. The highest BCUT2D eigenvalue weighted by Crippen LogP contribution is 2.26. The van der Waals surface area contributed by atoms with Crippen LogP contribution in [0.15, 0.2) is 29.2 Å². The lowest BCUT2D eigenvalue weighted by atomic mass is 10.3. The molecule has 0 amide bonds. The highest BCUT2D eigenvalue weighted by molar-refractivity contribution is 7.99. The molecule has 0 aliphatic carbocycles. The fourth-order valence-electron chi connectivity index (χ4n) is 1.41. The number of benzene rings is 1. The van der Waals surface area contributed by atoms with Gasteiger partial charge in [0.2, 0.25) is 0 Å². The summed E-state index contributed by atoms with van der Waals surface area (Å²) in [7, 11) is 1.44. The second-order valence-electron chi connectivity index (χ2n) is 4.13. The minimum atomic E-state index is -4.17. The molecule has 0 fully saturated rings. The van der Waals surface area contributed by atoms with Crippen LogP contribution in [0.2, 0.25) is 0 Å². The van der Waals surface area contributed by atoms with Gasteiger partial charge in [0.25, 0.3) is 0 Å². The van der Waals surface area contributed by atoms with Crippen molar-refractivity contribution in [3.8, 4) is 0 Å². The number of alkyl halides is 3. The first kappa shape index (κ1) is 14.2. The maximum Gasteiger partial charge on any atom is 0.405 e. The van der Waals surface area contributed by atoms with Gasteiger partial charge in [-0.25, -0.2) is 0 Å². The van der Waals surface area contributed by atoms with Crippen LogP contribution in [0, 0.1) is 0 Å². The normalized spacial score (nSPS) is 11.9. The largest absolute Gasteiger partial charge is 0.405 e. The number of anilines is 1. The van der Waals surface area contributed by atoms with E-state index in [9.17, 15) is 13.2 Å². The van der Waals surface area contributed by atoms with Crippen LogP contribution in [-0.4, -0.2) is 25.0 Å². The van der Waals surface area contributed by atoms with Gasteiger partial charge < -0.3 is 4.90 Å². The van der Waals surface area contributed by atoms with Crippen molar-refractivity contribution in [3.05, 3.63) is 24.3 Å². The van der Waals surface area contributed by atoms with Gasteiger partial charge in [-0.05, 0) is 24.3 Å². The minimum Gasteiger partial charge on any atom is -0.366 e. The van der Waals surface area contributed by atoms with Gasteiger partial charge in [-0.3, -0.25) is 0 Å². The average Bonchev–Trinajstić information content (AvgIpc) is 2.15. The van der Waals surface area contributed by atoms with Crippen molar-refractivity contribution >= 4 is 17.4 Å². The lowest BCUT2D eigenvalue weighted by Crippen LogP contribution is -2.30. The molecule has 0 spiro atoms. The Morgan fingerprint density at radius 1 is 1.18 bits per heavy atom. The van der Waals surface area contributed by atoms with Gasteiger partial charge in [0.15, 0.2) is 0 Å². The van der Waals surface area contributed by atoms with Crippen molar-refractivity contribution in [1.82, 2.24) is 0 Å². The van der Waals surface area contributed by atoms with Gasteiger partial charge in [0.1, 0.15) is 6.54 Å². The van der Waals surface area contributed by atoms with Gasteiger partial charge in [0.05, 0.1) is 0 Å². The number of thioether (sulfide) groups is 1. The van der Waals surface area contributed by atoms with E-state index in [1.165, 1.54) is 11.9 Å². The third kappa shape index (κ3) is 5.35. The number of hydrogen-bond acceptors (Lipinski definition) is 2. The SMILES string of the molecule is CC(C)Sc1ccc(N(C)CC(F)(F)F)cc1. The van der Waals surface area contributed by atoms with E-state index in [2.05, 4.69) is 13.8 Å². The van der Waals surface area contributed by atoms with Gasteiger partial charge >= 0.3 is 6.18 Å². The Kier molecular flexibility index (Phi) is 4.74. The topological polar surface area (TPSA) is 3.24 Å². The molecule has 0 unspecified atom stereocenters. The van der Waals surface area contributed by atoms with Gasteiger partial charge in [-0.1, -0.05) is 13.8 Å². The molecule has 0 bridgehead atoms. The summed E-state index contributed by atoms with van der Waals surface area (Å²) < 4.78 is 36.6. The molecule has 0 saturated carbocycles. The van der Waals surface area contributed by atoms with Crippen LogP contribution in [0.5, 0.6) is 0 Å². The van der Waals surface area contributed by atoms with Gasteiger partial charge in [-0.2, -0.15) is 13.2 Å². The molecule has 0 saturated heterocycles. The molecule has 0 atom stereocenters. The van der Waals surface area contributed by atoms with Crippen molar-refractivity contribution in [1.29, 1.82) is 0 Å². The Hall–Kier alpha value is -0.840. The monoisotopic (exact) mass is 263 g/mol. The van der Waals surface area contributed by atoms with Gasteiger partial charge in [0, 0.05) is 22.9 Å². The van der Waals surface area contributed by atoms with E-state index in [1.807, 2.05) is 12.1 Å². The molecule has 0 aromatic heterocycles. The Morgan fingerprint density at radius 3 is 2.12 bits per heavy atom. The maximum absolute atomic E-state index is 12.2. The van der Waals surface area contributed by atoms with E-state index in [1.54, 1.807) is 23.9 Å². The van der Waals surface area contributed by atoms with E-state index in [4.69, 9.17) is 0 Å². The smallest absolute Gasteiger partial charge is 0.366 e. The Balaban J connectivity index is 2.67. The summed E-state index contributed by atoms with van der Waals surface area (Å²) in [5, 5.41) is 0.466. The second-order valence-corrected chi connectivity index (χ2v) is 5.78. The minimum absolute atomic E-state index is 0.466. The fourth-order valence-corrected chi connectivity index (χ4v) is 2.25. The average molecular weight is 263 g/mol. The second kappa shape index (κ2) is 5.67. The predicted octanol–water partition coefficient (Wildman–Crippen LogP) is 4.19. The van der Waals surface area contributed by atoms with E-state index < -0.39 is 12.7 Å². The molecule has 0 aliphatic heterocycles. The van der Waals surface area contributed by atoms with Crippen LogP contribution in [0.1, 0.15) is 13.8 Å². The number of nitrogens with zero attached hydrogens (tertiary/aromatic N) is 1. The lowest BCUT2D eigenvalue weighted by molar-refractivity contribution is -0.119. The molecule has 0 heterocycles. The molecule has 0 N–H and O–H groups in total. The Labute approximate surface area is 104 Å². The third-order valence-electron chi connectivity index (χ3n) is 2.07. The summed E-state index contributed by atoms with van der Waals surface area (Å²) in [6.45, 7) is 3.23. The number of rotatable bonds is 4. The molecular formula is C12H16F3NS. The number of halogens is 3. The summed E-state index contributed by atoms with van der Waals surface area (Å²) in [6.07, 6.45) is -4.17. The zero-order valence-electron chi connectivity index (χ0n) is 10.1. The van der Waals surface area contributed by atoms with Crippen LogP contribution in [0.4, 0.5) is 18.9 Å². The molecule has 5 heteroatoms. The maximum atomic E-state index is 12.2. The van der Waals surface area contributed by atoms with E-state index >= 15 is 0 Å². The molecule has 0 radical (unpaired) electrons. The predicted molar refractivity (Wildman–Crippen MR) is 66.8 cm³/mol.